The van der Waals surface area contributed by atoms with Crippen molar-refractivity contribution in [2.75, 3.05) is 19.8 Å². The summed E-state index contributed by atoms with van der Waals surface area (Å²) in [6, 6.07) is 7.88. The van der Waals surface area contributed by atoms with Crippen molar-refractivity contribution in [1.82, 2.24) is 10.3 Å². The molecule has 1 N–H and O–H groups in total. The molecule has 0 atom stereocenters. The molecule has 0 saturated carbocycles. The molecule has 0 amide bonds. The van der Waals surface area contributed by atoms with Crippen LogP contribution in [0.5, 0.6) is 0 Å². The van der Waals surface area contributed by atoms with Crippen LogP contribution >= 0.6 is 11.6 Å². The van der Waals surface area contributed by atoms with Gasteiger partial charge in [0.25, 0.3) is 0 Å². The van der Waals surface area contributed by atoms with Crippen LogP contribution in [0, 0.1) is 0 Å². The van der Waals surface area contributed by atoms with Crippen LogP contribution in [0.25, 0.3) is 10.9 Å². The Kier molecular flexibility index (Phi) is 5.58. The fourth-order valence-electron chi connectivity index (χ4n) is 2.01. The van der Waals surface area contributed by atoms with Crippen LogP contribution in [-0.2, 0) is 11.3 Å². The summed E-state index contributed by atoms with van der Waals surface area (Å²) in [6.07, 6.45) is 2.82. The fourth-order valence-corrected chi connectivity index (χ4v) is 2.22. The van der Waals surface area contributed by atoms with Gasteiger partial charge in [0.05, 0.1) is 5.52 Å². The van der Waals surface area contributed by atoms with E-state index >= 15 is 0 Å². The number of nitrogens with one attached hydrogen (secondary N) is 1. The van der Waals surface area contributed by atoms with E-state index in [9.17, 15) is 0 Å². The minimum atomic E-state index is 0.753. The number of rotatable bonds is 7. The van der Waals surface area contributed by atoms with Gasteiger partial charge >= 0.3 is 0 Å². The first-order valence-corrected chi connectivity index (χ1v) is 7.01. The average Bonchev–Trinajstić information content (AvgIpc) is 2.45. The van der Waals surface area contributed by atoms with E-state index in [0.717, 1.165) is 48.6 Å². The Balaban J connectivity index is 1.96. The molecule has 3 nitrogen and oxygen atoms in total. The van der Waals surface area contributed by atoms with E-state index in [0.29, 0.717) is 0 Å². The molecule has 0 bridgehead atoms. The summed E-state index contributed by atoms with van der Waals surface area (Å²) in [6.45, 7) is 5.35. The van der Waals surface area contributed by atoms with Crippen molar-refractivity contribution in [2.45, 2.75) is 19.9 Å². The molecule has 0 aliphatic carbocycles. The van der Waals surface area contributed by atoms with E-state index in [1.807, 2.05) is 31.2 Å². The number of hydrogen-bond acceptors (Lipinski definition) is 3. The smallest absolute Gasteiger partial charge is 0.0761 e. The van der Waals surface area contributed by atoms with Crippen LogP contribution in [0.2, 0.25) is 5.02 Å². The summed E-state index contributed by atoms with van der Waals surface area (Å²) in [4.78, 5) is 4.42. The second kappa shape index (κ2) is 7.43. The van der Waals surface area contributed by atoms with Crippen molar-refractivity contribution in [3.05, 3.63) is 41.0 Å². The van der Waals surface area contributed by atoms with Crippen molar-refractivity contribution in [1.29, 1.82) is 0 Å². The number of aromatic nitrogens is 1. The van der Waals surface area contributed by atoms with Gasteiger partial charge in [-0.2, -0.15) is 0 Å². The van der Waals surface area contributed by atoms with E-state index in [2.05, 4.69) is 10.3 Å². The highest BCUT2D eigenvalue weighted by molar-refractivity contribution is 6.35. The summed E-state index contributed by atoms with van der Waals surface area (Å²) >= 11 is 6.17. The third-order valence-electron chi connectivity index (χ3n) is 2.96. The fraction of sp³-hybridized carbons (Fsp3) is 0.400. The van der Waals surface area contributed by atoms with Crippen LogP contribution in [0.15, 0.2) is 30.5 Å². The van der Waals surface area contributed by atoms with Gasteiger partial charge in [-0.3, -0.25) is 4.98 Å². The van der Waals surface area contributed by atoms with Gasteiger partial charge in [-0.25, -0.2) is 0 Å². The van der Waals surface area contributed by atoms with Gasteiger partial charge in [0.2, 0.25) is 0 Å². The second-order valence-electron chi connectivity index (χ2n) is 4.33. The van der Waals surface area contributed by atoms with Gasteiger partial charge in [0.1, 0.15) is 0 Å². The molecule has 0 aliphatic heterocycles. The van der Waals surface area contributed by atoms with Gasteiger partial charge in [-0.15, -0.1) is 0 Å². The van der Waals surface area contributed by atoms with E-state index < -0.39 is 0 Å². The van der Waals surface area contributed by atoms with Crippen molar-refractivity contribution < 1.29 is 4.74 Å². The molecule has 1 aromatic carbocycles. The number of pyridine rings is 1. The molecular weight excluding hydrogens is 260 g/mol. The minimum absolute atomic E-state index is 0.753. The predicted octanol–water partition coefficient (Wildman–Crippen LogP) is 3.40. The Bertz CT molecular complexity index is 531. The molecule has 2 aromatic rings. The van der Waals surface area contributed by atoms with Gasteiger partial charge < -0.3 is 10.1 Å². The summed E-state index contributed by atoms with van der Waals surface area (Å²) in [5.41, 5.74) is 2.16. The van der Waals surface area contributed by atoms with Crippen molar-refractivity contribution >= 4 is 22.5 Å². The summed E-state index contributed by atoms with van der Waals surface area (Å²) in [5.74, 6) is 0. The molecule has 0 saturated heterocycles. The highest BCUT2D eigenvalue weighted by Crippen LogP contribution is 2.24. The Labute approximate surface area is 118 Å². The quantitative estimate of drug-likeness (QED) is 0.788. The number of benzene rings is 1. The lowest BCUT2D eigenvalue weighted by Crippen LogP contribution is -2.16. The molecule has 1 heterocycles. The molecule has 0 fully saturated rings. The van der Waals surface area contributed by atoms with Crippen molar-refractivity contribution in [2.24, 2.45) is 0 Å². The first-order chi connectivity index (χ1) is 9.33. The zero-order chi connectivity index (χ0) is 13.5. The summed E-state index contributed by atoms with van der Waals surface area (Å²) in [7, 11) is 0. The maximum Gasteiger partial charge on any atom is 0.0761 e. The minimum Gasteiger partial charge on any atom is -0.382 e. The average molecular weight is 279 g/mol. The lowest BCUT2D eigenvalue weighted by molar-refractivity contribution is 0.144. The third kappa shape index (κ3) is 3.90. The maximum absolute atomic E-state index is 6.17. The van der Waals surface area contributed by atoms with Gasteiger partial charge in [-0.1, -0.05) is 17.7 Å². The maximum atomic E-state index is 6.17. The van der Waals surface area contributed by atoms with Crippen molar-refractivity contribution in [3.63, 3.8) is 0 Å². The second-order valence-corrected chi connectivity index (χ2v) is 4.74. The zero-order valence-corrected chi connectivity index (χ0v) is 11.9. The highest BCUT2D eigenvalue weighted by Gasteiger charge is 2.04. The summed E-state index contributed by atoms with van der Waals surface area (Å²) in [5, 5.41) is 5.17. The Hall–Kier alpha value is -1.16. The topological polar surface area (TPSA) is 34.1 Å². The van der Waals surface area contributed by atoms with Gasteiger partial charge in [0, 0.05) is 36.4 Å². The van der Waals surface area contributed by atoms with Gasteiger partial charge in [-0.05, 0) is 43.7 Å². The molecule has 1 aromatic heterocycles. The molecule has 4 heteroatoms. The molecule has 2 rings (SSSR count). The van der Waals surface area contributed by atoms with E-state index in [1.54, 1.807) is 6.20 Å². The molecular formula is C15H19ClN2O. The molecule has 102 valence electrons. The van der Waals surface area contributed by atoms with Gasteiger partial charge in [0.15, 0.2) is 0 Å². The Morgan fingerprint density at radius 3 is 3.05 bits per heavy atom. The highest BCUT2D eigenvalue weighted by atomic mass is 35.5. The van der Waals surface area contributed by atoms with E-state index in [1.165, 1.54) is 5.56 Å². The SMILES string of the molecule is CCOCCCNCc1ccc(Cl)c2cccnc12. The first kappa shape index (κ1) is 14.3. The number of hydrogen-bond donors (Lipinski definition) is 1. The van der Waals surface area contributed by atoms with Crippen LogP contribution in [0.1, 0.15) is 18.9 Å². The van der Waals surface area contributed by atoms with Crippen LogP contribution in [0.3, 0.4) is 0 Å². The normalized spacial score (nSPS) is 11.1. The van der Waals surface area contributed by atoms with E-state index in [4.69, 9.17) is 16.3 Å². The molecule has 0 unspecified atom stereocenters. The van der Waals surface area contributed by atoms with Crippen LogP contribution < -0.4 is 5.32 Å². The van der Waals surface area contributed by atoms with E-state index in [-0.39, 0.29) is 0 Å². The molecule has 0 radical (unpaired) electrons. The van der Waals surface area contributed by atoms with Crippen molar-refractivity contribution in [3.8, 4) is 0 Å². The number of halogens is 1. The largest absolute Gasteiger partial charge is 0.382 e. The monoisotopic (exact) mass is 278 g/mol. The molecule has 0 spiro atoms. The lowest BCUT2D eigenvalue weighted by atomic mass is 10.1. The summed E-state index contributed by atoms with van der Waals surface area (Å²) < 4.78 is 5.30. The molecule has 0 aliphatic rings. The number of fused-ring (bicyclic) bond motifs is 1. The standard InChI is InChI=1S/C15H19ClN2O/c1-2-19-10-4-8-17-11-12-6-7-14(16)13-5-3-9-18-15(12)13/h3,5-7,9,17H,2,4,8,10-11H2,1H3. The van der Waals surface area contributed by atoms with Crippen LogP contribution in [0.4, 0.5) is 0 Å². The Morgan fingerprint density at radius 2 is 2.21 bits per heavy atom. The third-order valence-corrected chi connectivity index (χ3v) is 3.29. The number of nitrogens with zero attached hydrogens (tertiary/aromatic N) is 1. The first-order valence-electron chi connectivity index (χ1n) is 6.63. The zero-order valence-electron chi connectivity index (χ0n) is 11.2. The predicted molar refractivity (Wildman–Crippen MR) is 79.6 cm³/mol. The lowest BCUT2D eigenvalue weighted by Gasteiger charge is -2.08. The number of ether oxygens (including phenoxy) is 1. The van der Waals surface area contributed by atoms with Crippen LogP contribution in [-0.4, -0.2) is 24.7 Å². The Morgan fingerprint density at radius 1 is 1.32 bits per heavy atom. The molecule has 19 heavy (non-hydrogen) atoms.